The number of rotatable bonds is 6. The fraction of sp³-hybridized carbons (Fsp3) is 0.263. The Labute approximate surface area is 147 Å². The van der Waals surface area contributed by atoms with Gasteiger partial charge in [0.15, 0.2) is 0 Å². The van der Waals surface area contributed by atoms with E-state index in [2.05, 4.69) is 10.6 Å². The molecule has 6 heteroatoms. The monoisotopic (exact) mass is 342 g/mol. The first-order valence-electron chi connectivity index (χ1n) is 7.82. The predicted molar refractivity (Wildman–Crippen MR) is 97.5 cm³/mol. The van der Waals surface area contributed by atoms with E-state index in [1.54, 1.807) is 26.2 Å². The molecule has 6 nitrogen and oxygen atoms in total. The molecule has 2 aromatic rings. The molecule has 2 aromatic carbocycles. The van der Waals surface area contributed by atoms with Crippen LogP contribution in [-0.2, 0) is 15.9 Å². The van der Waals surface area contributed by atoms with Crippen molar-refractivity contribution in [3.63, 3.8) is 0 Å². The molecule has 0 aliphatic carbocycles. The number of nitrogens with one attached hydrogen (secondary N) is 2. The van der Waals surface area contributed by atoms with E-state index in [0.717, 1.165) is 11.1 Å². The standard InChI is InChI=1S/C19H22N2O4/c1-20-16-7-5-12(10-14(16)18(22)24-3)9-13-6-8-17(21-2)15(11-13)19(23)25-4/h5-8,10-11,20-21H,9H2,1-4H3. The van der Waals surface area contributed by atoms with Gasteiger partial charge in [0.1, 0.15) is 0 Å². The molecule has 0 heterocycles. The molecule has 0 amide bonds. The summed E-state index contributed by atoms with van der Waals surface area (Å²) in [6.07, 6.45) is 0.571. The van der Waals surface area contributed by atoms with Crippen LogP contribution in [0.25, 0.3) is 0 Å². The number of benzene rings is 2. The number of carbonyl (C=O) groups is 2. The van der Waals surface area contributed by atoms with Gasteiger partial charge in [-0.25, -0.2) is 9.59 Å². The van der Waals surface area contributed by atoms with Gasteiger partial charge in [0.25, 0.3) is 0 Å². The zero-order chi connectivity index (χ0) is 18.4. The molecule has 0 saturated heterocycles. The largest absolute Gasteiger partial charge is 0.465 e. The Balaban J connectivity index is 2.36. The maximum Gasteiger partial charge on any atom is 0.339 e. The van der Waals surface area contributed by atoms with Gasteiger partial charge >= 0.3 is 11.9 Å². The smallest absolute Gasteiger partial charge is 0.339 e. The molecule has 2 rings (SSSR count). The number of carbonyl (C=O) groups excluding carboxylic acids is 2. The molecule has 0 unspecified atom stereocenters. The van der Waals surface area contributed by atoms with Crippen molar-refractivity contribution < 1.29 is 19.1 Å². The number of hydrogen-bond acceptors (Lipinski definition) is 6. The SMILES string of the molecule is CNc1ccc(Cc2ccc(NC)c(C(=O)OC)c2)cc1C(=O)OC. The van der Waals surface area contributed by atoms with Crippen molar-refractivity contribution in [2.45, 2.75) is 6.42 Å². The van der Waals surface area contributed by atoms with Crippen LogP contribution in [0.5, 0.6) is 0 Å². The molecule has 0 saturated carbocycles. The van der Waals surface area contributed by atoms with Crippen LogP contribution in [0.3, 0.4) is 0 Å². The van der Waals surface area contributed by atoms with E-state index in [1.165, 1.54) is 14.2 Å². The van der Waals surface area contributed by atoms with Crippen molar-refractivity contribution in [3.8, 4) is 0 Å². The van der Waals surface area contributed by atoms with Gasteiger partial charge in [0.05, 0.1) is 25.3 Å². The van der Waals surface area contributed by atoms with Gasteiger partial charge in [0, 0.05) is 25.5 Å². The summed E-state index contributed by atoms with van der Waals surface area (Å²) in [4.78, 5) is 23.9. The van der Waals surface area contributed by atoms with E-state index in [1.807, 2.05) is 24.3 Å². The van der Waals surface area contributed by atoms with Crippen molar-refractivity contribution in [1.29, 1.82) is 0 Å². The Bertz CT molecular complexity index is 721. The molecule has 0 aliphatic rings. The van der Waals surface area contributed by atoms with E-state index in [0.29, 0.717) is 28.9 Å². The molecule has 0 spiro atoms. The summed E-state index contributed by atoms with van der Waals surface area (Å²) >= 11 is 0. The average molecular weight is 342 g/mol. The highest BCUT2D eigenvalue weighted by molar-refractivity contribution is 5.96. The van der Waals surface area contributed by atoms with Gasteiger partial charge in [-0.2, -0.15) is 0 Å². The van der Waals surface area contributed by atoms with E-state index >= 15 is 0 Å². The third-order valence-electron chi connectivity index (χ3n) is 3.93. The maximum atomic E-state index is 11.9. The molecule has 2 N–H and O–H groups in total. The third kappa shape index (κ3) is 4.09. The van der Waals surface area contributed by atoms with E-state index in [4.69, 9.17) is 9.47 Å². The fourth-order valence-corrected chi connectivity index (χ4v) is 2.63. The van der Waals surface area contributed by atoms with Gasteiger partial charge in [-0.1, -0.05) is 12.1 Å². The topological polar surface area (TPSA) is 76.7 Å². The molecule has 25 heavy (non-hydrogen) atoms. The van der Waals surface area contributed by atoms with Crippen molar-refractivity contribution in [2.75, 3.05) is 38.9 Å². The molecule has 132 valence electrons. The van der Waals surface area contributed by atoms with Crippen LogP contribution >= 0.6 is 0 Å². The van der Waals surface area contributed by atoms with E-state index in [9.17, 15) is 9.59 Å². The number of ether oxygens (including phenoxy) is 2. The zero-order valence-corrected chi connectivity index (χ0v) is 14.8. The highest BCUT2D eigenvalue weighted by Gasteiger charge is 2.14. The second-order valence-electron chi connectivity index (χ2n) is 5.42. The third-order valence-corrected chi connectivity index (χ3v) is 3.93. The molecular formula is C19H22N2O4. The molecule has 0 radical (unpaired) electrons. The van der Waals surface area contributed by atoms with Crippen LogP contribution in [0.1, 0.15) is 31.8 Å². The lowest BCUT2D eigenvalue weighted by atomic mass is 9.99. The van der Waals surface area contributed by atoms with Crippen LogP contribution in [0.4, 0.5) is 11.4 Å². The van der Waals surface area contributed by atoms with Gasteiger partial charge in [-0.3, -0.25) is 0 Å². The summed E-state index contributed by atoms with van der Waals surface area (Å²) in [6.45, 7) is 0. The first-order valence-corrected chi connectivity index (χ1v) is 7.82. The van der Waals surface area contributed by atoms with Crippen LogP contribution < -0.4 is 10.6 Å². The molecule has 0 aliphatic heterocycles. The Kier molecular flexibility index (Phi) is 6.00. The van der Waals surface area contributed by atoms with Crippen LogP contribution in [0, 0.1) is 0 Å². The van der Waals surface area contributed by atoms with E-state index in [-0.39, 0.29) is 0 Å². The number of esters is 2. The van der Waals surface area contributed by atoms with Crippen molar-refractivity contribution in [3.05, 3.63) is 58.7 Å². The molecule has 0 fully saturated rings. The number of hydrogen-bond donors (Lipinski definition) is 2. The minimum Gasteiger partial charge on any atom is -0.465 e. The normalized spacial score (nSPS) is 10.1. The van der Waals surface area contributed by atoms with Crippen LogP contribution in [0.15, 0.2) is 36.4 Å². The Morgan fingerprint density at radius 1 is 0.800 bits per heavy atom. The Morgan fingerprint density at radius 2 is 1.20 bits per heavy atom. The average Bonchev–Trinajstić information content (AvgIpc) is 2.66. The Morgan fingerprint density at radius 3 is 1.52 bits per heavy atom. The second kappa shape index (κ2) is 8.19. The molecule has 0 bridgehead atoms. The van der Waals surface area contributed by atoms with Crippen molar-refractivity contribution >= 4 is 23.3 Å². The lowest BCUT2D eigenvalue weighted by Crippen LogP contribution is -2.08. The zero-order valence-electron chi connectivity index (χ0n) is 14.8. The molecule has 0 atom stereocenters. The number of methoxy groups -OCH3 is 2. The first kappa shape index (κ1) is 18.3. The first-order chi connectivity index (χ1) is 12.0. The minimum atomic E-state index is -0.396. The summed E-state index contributed by atoms with van der Waals surface area (Å²) in [5, 5.41) is 5.96. The van der Waals surface area contributed by atoms with Gasteiger partial charge in [0.2, 0.25) is 0 Å². The molecular weight excluding hydrogens is 320 g/mol. The summed E-state index contributed by atoms with van der Waals surface area (Å²) in [7, 11) is 6.21. The maximum absolute atomic E-state index is 11.9. The van der Waals surface area contributed by atoms with Crippen LogP contribution in [0.2, 0.25) is 0 Å². The number of anilines is 2. The van der Waals surface area contributed by atoms with Crippen LogP contribution in [-0.4, -0.2) is 40.3 Å². The minimum absolute atomic E-state index is 0.396. The summed E-state index contributed by atoms with van der Waals surface area (Å²) in [6, 6.07) is 11.1. The lowest BCUT2D eigenvalue weighted by Gasteiger charge is -2.12. The quantitative estimate of drug-likeness (QED) is 0.786. The van der Waals surface area contributed by atoms with Gasteiger partial charge in [-0.15, -0.1) is 0 Å². The highest BCUT2D eigenvalue weighted by Crippen LogP contribution is 2.23. The fourth-order valence-electron chi connectivity index (χ4n) is 2.63. The lowest BCUT2D eigenvalue weighted by molar-refractivity contribution is 0.0593. The van der Waals surface area contributed by atoms with Gasteiger partial charge < -0.3 is 20.1 Å². The highest BCUT2D eigenvalue weighted by atomic mass is 16.5. The summed E-state index contributed by atoms with van der Waals surface area (Å²) in [5.74, 6) is -0.793. The van der Waals surface area contributed by atoms with Crippen molar-refractivity contribution in [1.82, 2.24) is 0 Å². The van der Waals surface area contributed by atoms with Gasteiger partial charge in [-0.05, 0) is 41.8 Å². The molecule has 0 aromatic heterocycles. The Hall–Kier alpha value is -3.02. The summed E-state index contributed by atoms with van der Waals surface area (Å²) < 4.78 is 9.66. The van der Waals surface area contributed by atoms with Crippen molar-refractivity contribution in [2.24, 2.45) is 0 Å². The summed E-state index contributed by atoms with van der Waals surface area (Å²) in [5.41, 5.74) is 4.23. The predicted octanol–water partition coefficient (Wildman–Crippen LogP) is 2.93. The second-order valence-corrected chi connectivity index (χ2v) is 5.42. The van der Waals surface area contributed by atoms with E-state index < -0.39 is 11.9 Å².